The van der Waals surface area contributed by atoms with Gasteiger partial charge >= 0.3 is 0 Å². The Kier molecular flexibility index (Phi) is 6.11. The fourth-order valence-corrected chi connectivity index (χ4v) is 4.74. The minimum atomic E-state index is -4.21. The number of anilines is 2. The zero-order valence-electron chi connectivity index (χ0n) is 18.1. The second-order valence-electron chi connectivity index (χ2n) is 7.11. The zero-order chi connectivity index (χ0) is 24.6. The van der Waals surface area contributed by atoms with E-state index in [2.05, 4.69) is 25.0 Å². The average Bonchev–Trinajstić information content (AvgIpc) is 2.82. The molecule has 0 aliphatic carbocycles. The van der Waals surface area contributed by atoms with Crippen LogP contribution in [-0.2, 0) is 17.1 Å². The van der Waals surface area contributed by atoms with Gasteiger partial charge in [-0.3, -0.25) is 14.1 Å². The van der Waals surface area contributed by atoms with Crippen molar-refractivity contribution in [3.05, 3.63) is 63.9 Å². The van der Waals surface area contributed by atoms with Crippen molar-refractivity contribution in [1.29, 1.82) is 0 Å². The molecule has 0 saturated carbocycles. The van der Waals surface area contributed by atoms with E-state index in [-0.39, 0.29) is 32.6 Å². The van der Waals surface area contributed by atoms with Gasteiger partial charge in [0.05, 0.1) is 17.7 Å². The summed E-state index contributed by atoms with van der Waals surface area (Å²) in [5, 5.41) is 3.37. The first-order valence-electron chi connectivity index (χ1n) is 9.71. The van der Waals surface area contributed by atoms with Crippen LogP contribution in [0, 0.1) is 5.82 Å². The SMILES string of the molecule is CNc1ncc2cc(-c3cc(NS(=O)(=O)c4cc(Cl)cnc4OC)ccc3F)c(=O)n(C)c2n1. The number of benzene rings is 1. The Labute approximate surface area is 198 Å². The van der Waals surface area contributed by atoms with E-state index in [1.165, 1.54) is 55.4 Å². The minimum absolute atomic E-state index is 0.0105. The van der Waals surface area contributed by atoms with Crippen LogP contribution in [0.3, 0.4) is 0 Å². The highest BCUT2D eigenvalue weighted by molar-refractivity contribution is 7.92. The summed E-state index contributed by atoms with van der Waals surface area (Å²) >= 11 is 5.90. The first-order chi connectivity index (χ1) is 16.1. The molecule has 34 heavy (non-hydrogen) atoms. The molecule has 0 spiro atoms. The normalized spacial score (nSPS) is 11.4. The standard InChI is InChI=1S/C21H18ClFN6O4S/c1-24-21-26-9-11-6-15(20(30)29(2)18(11)27-21)14-8-13(4-5-16(14)23)28-34(31,32)17-7-12(22)10-25-19(17)33-3/h4-10,28H,1-3H3,(H,24,26,27). The van der Waals surface area contributed by atoms with E-state index in [4.69, 9.17) is 16.3 Å². The van der Waals surface area contributed by atoms with Crippen molar-refractivity contribution in [2.45, 2.75) is 4.90 Å². The van der Waals surface area contributed by atoms with E-state index < -0.39 is 21.4 Å². The van der Waals surface area contributed by atoms with Gasteiger partial charge in [0.25, 0.3) is 15.6 Å². The van der Waals surface area contributed by atoms with Gasteiger partial charge in [-0.25, -0.2) is 22.8 Å². The zero-order valence-corrected chi connectivity index (χ0v) is 19.7. The molecule has 10 nitrogen and oxygen atoms in total. The van der Waals surface area contributed by atoms with E-state index in [1.807, 2.05) is 0 Å². The number of methoxy groups -OCH3 is 1. The number of ether oxygens (including phenoxy) is 1. The Balaban J connectivity index is 1.81. The van der Waals surface area contributed by atoms with Crippen molar-refractivity contribution in [2.75, 3.05) is 24.2 Å². The summed E-state index contributed by atoms with van der Waals surface area (Å²) in [4.78, 5) is 25.0. The van der Waals surface area contributed by atoms with Crippen molar-refractivity contribution >= 4 is 44.3 Å². The van der Waals surface area contributed by atoms with Crippen LogP contribution < -0.4 is 20.3 Å². The van der Waals surface area contributed by atoms with E-state index in [1.54, 1.807) is 7.05 Å². The smallest absolute Gasteiger partial charge is 0.267 e. The van der Waals surface area contributed by atoms with Crippen molar-refractivity contribution in [3.63, 3.8) is 0 Å². The summed E-state index contributed by atoms with van der Waals surface area (Å²) < 4.78 is 49.3. The van der Waals surface area contributed by atoms with Gasteiger partial charge in [-0.2, -0.15) is 4.98 Å². The van der Waals surface area contributed by atoms with Crippen LogP contribution in [0.5, 0.6) is 5.88 Å². The first kappa shape index (κ1) is 23.4. The highest BCUT2D eigenvalue weighted by Gasteiger charge is 2.23. The maximum atomic E-state index is 14.8. The number of rotatable bonds is 6. The molecule has 2 N–H and O–H groups in total. The molecule has 0 unspecified atom stereocenters. The van der Waals surface area contributed by atoms with Crippen LogP contribution in [0.1, 0.15) is 0 Å². The molecule has 4 aromatic rings. The van der Waals surface area contributed by atoms with Crippen LogP contribution in [0.25, 0.3) is 22.2 Å². The molecule has 0 bridgehead atoms. The summed E-state index contributed by atoms with van der Waals surface area (Å²) in [7, 11) is 0.209. The van der Waals surface area contributed by atoms with Crippen molar-refractivity contribution < 1.29 is 17.5 Å². The van der Waals surface area contributed by atoms with Gasteiger partial charge in [0.2, 0.25) is 11.8 Å². The van der Waals surface area contributed by atoms with E-state index in [0.29, 0.717) is 17.0 Å². The predicted molar refractivity (Wildman–Crippen MR) is 126 cm³/mol. The average molecular weight is 505 g/mol. The van der Waals surface area contributed by atoms with Gasteiger partial charge in [0, 0.05) is 43.1 Å². The van der Waals surface area contributed by atoms with Crippen LogP contribution >= 0.6 is 11.6 Å². The molecule has 4 rings (SSSR count). The van der Waals surface area contributed by atoms with Crippen LogP contribution in [0.4, 0.5) is 16.0 Å². The molecule has 3 aromatic heterocycles. The van der Waals surface area contributed by atoms with Gasteiger partial charge in [0.1, 0.15) is 11.5 Å². The second kappa shape index (κ2) is 8.88. The second-order valence-corrected chi connectivity index (χ2v) is 9.19. The molecule has 0 fully saturated rings. The van der Waals surface area contributed by atoms with Crippen molar-refractivity contribution in [3.8, 4) is 17.0 Å². The fourth-order valence-electron chi connectivity index (χ4n) is 3.32. The number of hydrogen-bond acceptors (Lipinski definition) is 8. The van der Waals surface area contributed by atoms with Gasteiger partial charge in [0.15, 0.2) is 4.90 Å². The molecule has 0 atom stereocenters. The van der Waals surface area contributed by atoms with Crippen LogP contribution in [-0.4, -0.2) is 42.1 Å². The molecular formula is C21H18ClFN6O4S. The lowest BCUT2D eigenvalue weighted by Crippen LogP contribution is -2.20. The van der Waals surface area contributed by atoms with Crippen molar-refractivity contribution in [2.24, 2.45) is 7.05 Å². The highest BCUT2D eigenvalue weighted by Crippen LogP contribution is 2.29. The Bertz CT molecular complexity index is 1590. The summed E-state index contributed by atoms with van der Waals surface area (Å²) in [6, 6.07) is 6.15. The highest BCUT2D eigenvalue weighted by atomic mass is 35.5. The maximum absolute atomic E-state index is 14.8. The molecule has 176 valence electrons. The number of fused-ring (bicyclic) bond motifs is 1. The first-order valence-corrected chi connectivity index (χ1v) is 11.6. The maximum Gasteiger partial charge on any atom is 0.267 e. The van der Waals surface area contributed by atoms with E-state index in [9.17, 15) is 17.6 Å². The molecule has 0 saturated heterocycles. The van der Waals surface area contributed by atoms with Crippen molar-refractivity contribution in [1.82, 2.24) is 19.5 Å². The van der Waals surface area contributed by atoms with E-state index in [0.717, 1.165) is 6.07 Å². The molecule has 0 radical (unpaired) electrons. The van der Waals surface area contributed by atoms with Crippen LogP contribution in [0.2, 0.25) is 5.02 Å². The molecule has 13 heteroatoms. The fraction of sp³-hybridized carbons (Fsp3) is 0.143. The molecule has 3 heterocycles. The number of nitrogens with zero attached hydrogens (tertiary/aromatic N) is 4. The number of aromatic nitrogens is 4. The Morgan fingerprint density at radius 1 is 1.12 bits per heavy atom. The molecule has 0 amide bonds. The third-order valence-corrected chi connectivity index (χ3v) is 6.53. The number of sulfonamides is 1. The Morgan fingerprint density at radius 2 is 1.88 bits per heavy atom. The Morgan fingerprint density at radius 3 is 2.59 bits per heavy atom. The number of pyridine rings is 2. The van der Waals surface area contributed by atoms with Gasteiger partial charge in [-0.15, -0.1) is 0 Å². The molecule has 0 aliphatic heterocycles. The van der Waals surface area contributed by atoms with Gasteiger partial charge in [-0.05, 0) is 30.3 Å². The topological polar surface area (TPSA) is 128 Å². The number of aryl methyl sites for hydroxylation is 1. The number of nitrogens with one attached hydrogen (secondary N) is 2. The summed E-state index contributed by atoms with van der Waals surface area (Å²) in [5.74, 6) is -0.554. The van der Waals surface area contributed by atoms with Crippen LogP contribution in [0.15, 0.2) is 52.4 Å². The van der Waals surface area contributed by atoms with E-state index >= 15 is 0 Å². The van der Waals surface area contributed by atoms with Gasteiger partial charge in [-0.1, -0.05) is 11.6 Å². The summed E-state index contributed by atoms with van der Waals surface area (Å²) in [6.07, 6.45) is 2.74. The van der Waals surface area contributed by atoms with Gasteiger partial charge < -0.3 is 10.1 Å². The summed E-state index contributed by atoms with van der Waals surface area (Å²) in [5.41, 5.74) is -0.242. The number of hydrogen-bond donors (Lipinski definition) is 2. The Hall–Kier alpha value is -3.77. The minimum Gasteiger partial charge on any atom is -0.480 e. The lowest BCUT2D eigenvalue weighted by Gasteiger charge is -2.13. The molecule has 0 aliphatic rings. The quantitative estimate of drug-likeness (QED) is 0.410. The molecule has 1 aromatic carbocycles. The number of halogens is 2. The third kappa shape index (κ3) is 4.24. The third-order valence-electron chi connectivity index (χ3n) is 4.95. The monoisotopic (exact) mass is 504 g/mol. The largest absolute Gasteiger partial charge is 0.480 e. The predicted octanol–water partition coefficient (Wildman–Crippen LogP) is 3.03. The lowest BCUT2D eigenvalue weighted by atomic mass is 10.0. The molecular weight excluding hydrogens is 487 g/mol. The summed E-state index contributed by atoms with van der Waals surface area (Å²) in [6.45, 7) is 0. The lowest BCUT2D eigenvalue weighted by molar-refractivity contribution is 0.385.